The molecule has 0 saturated carbocycles. The van der Waals surface area contributed by atoms with Gasteiger partial charge in [-0.3, -0.25) is 9.69 Å². The van der Waals surface area contributed by atoms with E-state index in [1.807, 2.05) is 0 Å². The van der Waals surface area contributed by atoms with Gasteiger partial charge in [-0.1, -0.05) is 13.3 Å². The molecule has 1 aliphatic rings. The second-order valence-electron chi connectivity index (χ2n) is 4.34. The normalized spacial score (nSPS) is 21.4. The van der Waals surface area contributed by atoms with Crippen LogP contribution in [0.15, 0.2) is 0 Å². The van der Waals surface area contributed by atoms with Crippen LogP contribution in [0.25, 0.3) is 0 Å². The van der Waals surface area contributed by atoms with Crippen LogP contribution in [-0.2, 0) is 9.53 Å². The number of piperazine rings is 1. The Morgan fingerprint density at radius 2 is 2.35 bits per heavy atom. The number of hydrogen-bond donors (Lipinski definition) is 2. The van der Waals surface area contributed by atoms with E-state index in [2.05, 4.69) is 22.5 Å². The number of likely N-dealkylation sites (N-methyl/N-ethyl adjacent to an activating group) is 1. The van der Waals surface area contributed by atoms with Crippen molar-refractivity contribution in [2.75, 3.05) is 46.4 Å². The molecule has 5 nitrogen and oxygen atoms in total. The molecule has 0 aromatic heterocycles. The van der Waals surface area contributed by atoms with Crippen molar-refractivity contribution in [1.29, 1.82) is 0 Å². The van der Waals surface area contributed by atoms with Crippen LogP contribution in [0, 0.1) is 0 Å². The Morgan fingerprint density at radius 3 is 3.06 bits per heavy atom. The first-order chi connectivity index (χ1) is 8.29. The van der Waals surface area contributed by atoms with Gasteiger partial charge in [-0.15, -0.1) is 0 Å². The minimum atomic E-state index is -0.0523. The highest BCUT2D eigenvalue weighted by molar-refractivity contribution is 5.81. The molecular weight excluding hydrogens is 218 g/mol. The average molecular weight is 243 g/mol. The maximum atomic E-state index is 11.7. The molecule has 0 aliphatic carbocycles. The fraction of sp³-hybridized carbons (Fsp3) is 0.917. The highest BCUT2D eigenvalue weighted by Crippen LogP contribution is 2.03. The van der Waals surface area contributed by atoms with Crippen LogP contribution >= 0.6 is 0 Å². The molecule has 100 valence electrons. The number of carbonyl (C=O) groups excluding carboxylic acids is 1. The molecule has 0 aromatic carbocycles. The number of nitrogens with zero attached hydrogens (tertiary/aromatic N) is 1. The highest BCUT2D eigenvalue weighted by atomic mass is 16.5. The third-order valence-corrected chi connectivity index (χ3v) is 3.07. The van der Waals surface area contributed by atoms with Crippen LogP contribution in [0.3, 0.4) is 0 Å². The van der Waals surface area contributed by atoms with E-state index in [4.69, 9.17) is 4.74 Å². The van der Waals surface area contributed by atoms with E-state index in [1.54, 1.807) is 7.05 Å². The maximum absolute atomic E-state index is 11.7. The molecular formula is C12H25N3O2. The highest BCUT2D eigenvalue weighted by Gasteiger charge is 2.27. The second kappa shape index (κ2) is 8.44. The SMILES string of the molecule is CCCCOCCN1CCNCC1C(=O)NC. The predicted molar refractivity (Wildman–Crippen MR) is 68.0 cm³/mol. The minimum absolute atomic E-state index is 0.0523. The van der Waals surface area contributed by atoms with Crippen molar-refractivity contribution in [3.8, 4) is 0 Å². The summed E-state index contributed by atoms with van der Waals surface area (Å²) in [5, 5.41) is 5.96. The fourth-order valence-corrected chi connectivity index (χ4v) is 1.97. The number of rotatable bonds is 7. The van der Waals surface area contributed by atoms with Crippen molar-refractivity contribution in [2.45, 2.75) is 25.8 Å². The zero-order valence-electron chi connectivity index (χ0n) is 11.0. The number of nitrogens with one attached hydrogen (secondary N) is 2. The number of ether oxygens (including phenoxy) is 1. The standard InChI is InChI=1S/C12H25N3O2/c1-3-4-8-17-9-7-15-6-5-14-10-11(15)12(16)13-2/h11,14H,3-10H2,1-2H3,(H,13,16). The Kier molecular flexibility index (Phi) is 7.16. The van der Waals surface area contributed by atoms with Crippen molar-refractivity contribution in [1.82, 2.24) is 15.5 Å². The zero-order valence-corrected chi connectivity index (χ0v) is 11.0. The Hall–Kier alpha value is -0.650. The Balaban J connectivity index is 2.25. The van der Waals surface area contributed by atoms with Gasteiger partial charge >= 0.3 is 0 Å². The van der Waals surface area contributed by atoms with E-state index in [9.17, 15) is 4.79 Å². The smallest absolute Gasteiger partial charge is 0.238 e. The van der Waals surface area contributed by atoms with Gasteiger partial charge in [0.25, 0.3) is 0 Å². The maximum Gasteiger partial charge on any atom is 0.238 e. The summed E-state index contributed by atoms with van der Waals surface area (Å²) in [5.74, 6) is 0.0887. The van der Waals surface area contributed by atoms with Gasteiger partial charge in [0, 0.05) is 39.8 Å². The first-order valence-corrected chi connectivity index (χ1v) is 6.53. The zero-order chi connectivity index (χ0) is 12.5. The van der Waals surface area contributed by atoms with Gasteiger partial charge in [0.05, 0.1) is 6.61 Å². The number of hydrogen-bond acceptors (Lipinski definition) is 4. The van der Waals surface area contributed by atoms with E-state index >= 15 is 0 Å². The molecule has 1 fully saturated rings. The molecule has 1 saturated heterocycles. The van der Waals surface area contributed by atoms with Crippen LogP contribution in [0.4, 0.5) is 0 Å². The van der Waals surface area contributed by atoms with Gasteiger partial charge in [0.15, 0.2) is 0 Å². The Bertz CT molecular complexity index is 224. The molecule has 1 atom stereocenters. The summed E-state index contributed by atoms with van der Waals surface area (Å²) in [5.41, 5.74) is 0. The summed E-state index contributed by atoms with van der Waals surface area (Å²) in [4.78, 5) is 13.9. The molecule has 1 unspecified atom stereocenters. The monoisotopic (exact) mass is 243 g/mol. The topological polar surface area (TPSA) is 53.6 Å². The molecule has 1 rings (SSSR count). The molecule has 0 aromatic rings. The van der Waals surface area contributed by atoms with Crippen molar-refractivity contribution < 1.29 is 9.53 Å². The molecule has 2 N–H and O–H groups in total. The van der Waals surface area contributed by atoms with E-state index in [-0.39, 0.29) is 11.9 Å². The van der Waals surface area contributed by atoms with Gasteiger partial charge in [-0.05, 0) is 6.42 Å². The van der Waals surface area contributed by atoms with Crippen LogP contribution in [0.2, 0.25) is 0 Å². The van der Waals surface area contributed by atoms with E-state index in [0.29, 0.717) is 6.61 Å². The minimum Gasteiger partial charge on any atom is -0.380 e. The van der Waals surface area contributed by atoms with Gasteiger partial charge in [0.1, 0.15) is 6.04 Å². The van der Waals surface area contributed by atoms with E-state index in [1.165, 1.54) is 0 Å². The molecule has 0 spiro atoms. The third-order valence-electron chi connectivity index (χ3n) is 3.07. The molecule has 0 bridgehead atoms. The molecule has 5 heteroatoms. The van der Waals surface area contributed by atoms with Crippen molar-refractivity contribution >= 4 is 5.91 Å². The summed E-state index contributed by atoms with van der Waals surface area (Å²) in [6, 6.07) is -0.0523. The van der Waals surface area contributed by atoms with Crippen molar-refractivity contribution in [2.24, 2.45) is 0 Å². The second-order valence-corrected chi connectivity index (χ2v) is 4.34. The lowest BCUT2D eigenvalue weighted by Gasteiger charge is -2.34. The number of amides is 1. The lowest BCUT2D eigenvalue weighted by molar-refractivity contribution is -0.126. The summed E-state index contributed by atoms with van der Waals surface area (Å²) >= 11 is 0. The predicted octanol–water partition coefficient (Wildman–Crippen LogP) is -0.177. The van der Waals surface area contributed by atoms with Crippen LogP contribution < -0.4 is 10.6 Å². The first kappa shape index (κ1) is 14.4. The van der Waals surface area contributed by atoms with Gasteiger partial charge in [-0.25, -0.2) is 0 Å². The van der Waals surface area contributed by atoms with Crippen LogP contribution in [0.5, 0.6) is 0 Å². The molecule has 17 heavy (non-hydrogen) atoms. The lowest BCUT2D eigenvalue weighted by atomic mass is 10.2. The first-order valence-electron chi connectivity index (χ1n) is 6.53. The quantitative estimate of drug-likeness (QED) is 0.609. The van der Waals surface area contributed by atoms with Gasteiger partial charge in [0.2, 0.25) is 5.91 Å². The molecule has 1 amide bonds. The number of unbranched alkanes of at least 4 members (excludes halogenated alkanes) is 1. The molecule has 1 heterocycles. The van der Waals surface area contributed by atoms with Crippen molar-refractivity contribution in [3.63, 3.8) is 0 Å². The van der Waals surface area contributed by atoms with E-state index in [0.717, 1.165) is 45.6 Å². The van der Waals surface area contributed by atoms with Crippen LogP contribution in [0.1, 0.15) is 19.8 Å². The fourth-order valence-electron chi connectivity index (χ4n) is 1.97. The third kappa shape index (κ3) is 5.02. The summed E-state index contributed by atoms with van der Waals surface area (Å²) in [6.45, 7) is 7.12. The van der Waals surface area contributed by atoms with E-state index < -0.39 is 0 Å². The molecule has 0 radical (unpaired) electrons. The summed E-state index contributed by atoms with van der Waals surface area (Å²) < 4.78 is 5.54. The largest absolute Gasteiger partial charge is 0.380 e. The summed E-state index contributed by atoms with van der Waals surface area (Å²) in [7, 11) is 1.69. The van der Waals surface area contributed by atoms with Gasteiger partial charge < -0.3 is 15.4 Å². The van der Waals surface area contributed by atoms with Crippen molar-refractivity contribution in [3.05, 3.63) is 0 Å². The Morgan fingerprint density at radius 1 is 1.53 bits per heavy atom. The number of carbonyl (C=O) groups is 1. The molecule has 1 aliphatic heterocycles. The van der Waals surface area contributed by atoms with Crippen LogP contribution in [-0.4, -0.2) is 63.3 Å². The summed E-state index contributed by atoms with van der Waals surface area (Å²) in [6.07, 6.45) is 2.27. The Labute approximate surface area is 104 Å². The van der Waals surface area contributed by atoms with Gasteiger partial charge in [-0.2, -0.15) is 0 Å². The average Bonchev–Trinajstić information content (AvgIpc) is 2.38. The lowest BCUT2D eigenvalue weighted by Crippen LogP contribution is -2.58.